The first-order valence-corrected chi connectivity index (χ1v) is 8.48. The van der Waals surface area contributed by atoms with Crippen molar-refractivity contribution in [2.75, 3.05) is 0 Å². The van der Waals surface area contributed by atoms with Crippen molar-refractivity contribution >= 4 is 29.7 Å². The summed E-state index contributed by atoms with van der Waals surface area (Å²) in [5.41, 5.74) is 7.07. The van der Waals surface area contributed by atoms with Gasteiger partial charge in [0.1, 0.15) is 5.65 Å². The van der Waals surface area contributed by atoms with Gasteiger partial charge in [-0.3, -0.25) is 0 Å². The van der Waals surface area contributed by atoms with Gasteiger partial charge in [-0.05, 0) is 53.9 Å². The van der Waals surface area contributed by atoms with Gasteiger partial charge < -0.3 is 9.51 Å². The summed E-state index contributed by atoms with van der Waals surface area (Å²) in [6.45, 7) is 2.11. The highest BCUT2D eigenvalue weighted by Crippen LogP contribution is 2.28. The van der Waals surface area contributed by atoms with Crippen molar-refractivity contribution in [2.45, 2.75) is 13.5 Å². The number of aliphatic hydroxyl groups excluding tert-OH is 1. The van der Waals surface area contributed by atoms with Gasteiger partial charge in [0, 0.05) is 22.5 Å². The van der Waals surface area contributed by atoms with Gasteiger partial charge >= 0.3 is 0 Å². The third-order valence-electron chi connectivity index (χ3n) is 4.42. The summed E-state index contributed by atoms with van der Waals surface area (Å²) < 4.78 is 2.10. The van der Waals surface area contributed by atoms with Crippen molar-refractivity contribution in [1.82, 2.24) is 9.38 Å². The Hall–Kier alpha value is -2.33. The van der Waals surface area contributed by atoms with Gasteiger partial charge in [0.2, 0.25) is 0 Å². The van der Waals surface area contributed by atoms with Crippen molar-refractivity contribution < 1.29 is 5.11 Å². The van der Waals surface area contributed by atoms with Crippen molar-refractivity contribution in [1.29, 1.82) is 0 Å². The Kier molecular flexibility index (Phi) is 5.33. The van der Waals surface area contributed by atoms with Gasteiger partial charge in [-0.25, -0.2) is 4.98 Å². The normalized spacial score (nSPS) is 10.7. The number of rotatable bonds is 3. The molecule has 0 amide bonds. The fraction of sp³-hybridized carbons (Fsp3) is 0.0952. The number of aromatic nitrogens is 2. The van der Waals surface area contributed by atoms with E-state index in [1.165, 1.54) is 0 Å². The first-order chi connectivity index (χ1) is 12.2. The average Bonchev–Trinajstić information content (AvgIpc) is 2.98. The molecule has 0 unspecified atom stereocenters. The van der Waals surface area contributed by atoms with Crippen LogP contribution in [0.3, 0.4) is 0 Å². The van der Waals surface area contributed by atoms with Gasteiger partial charge in [0.25, 0.3) is 0 Å². The molecule has 0 saturated heterocycles. The molecule has 0 radical (unpaired) electrons. The molecule has 3 nitrogen and oxygen atoms in total. The second-order valence-electron chi connectivity index (χ2n) is 6.06. The molecule has 4 rings (SSSR count). The number of pyridine rings is 1. The van der Waals surface area contributed by atoms with E-state index in [-0.39, 0.29) is 19.0 Å². The monoisotopic (exact) mass is 384 g/mol. The summed E-state index contributed by atoms with van der Waals surface area (Å²) in [5, 5.41) is 10.1. The maximum absolute atomic E-state index is 9.35. The summed E-state index contributed by atoms with van der Waals surface area (Å²) in [5.74, 6) is 0. The lowest BCUT2D eigenvalue weighted by Crippen LogP contribution is -1.90. The second-order valence-corrected chi connectivity index (χ2v) is 6.49. The second kappa shape index (κ2) is 7.50. The standard InChI is InChI=1S/C21H17ClN2O.ClH/c1-14-21(16-5-8-19(22)9-6-16)23-20-10-7-18(12-24(14)20)17-4-2-3-15(11-17)13-25;/h2-12,25H,13H2,1H3;1H. The molecule has 5 heteroatoms. The molecule has 0 atom stereocenters. The zero-order valence-electron chi connectivity index (χ0n) is 14.2. The number of aliphatic hydroxyl groups is 1. The smallest absolute Gasteiger partial charge is 0.137 e. The van der Waals surface area contributed by atoms with Crippen molar-refractivity contribution in [3.8, 4) is 22.4 Å². The summed E-state index contributed by atoms with van der Waals surface area (Å²) in [6, 6.07) is 19.8. The predicted octanol–water partition coefficient (Wildman–Crippen LogP) is 5.54. The van der Waals surface area contributed by atoms with Crippen LogP contribution in [0, 0.1) is 6.92 Å². The molecule has 2 heterocycles. The van der Waals surface area contributed by atoms with Crippen LogP contribution < -0.4 is 0 Å². The minimum absolute atomic E-state index is 0. The zero-order valence-corrected chi connectivity index (χ0v) is 15.8. The molecule has 1 N–H and O–H groups in total. The highest BCUT2D eigenvalue weighted by molar-refractivity contribution is 6.30. The van der Waals surface area contributed by atoms with Crippen molar-refractivity contribution in [3.63, 3.8) is 0 Å². The fourth-order valence-corrected chi connectivity index (χ4v) is 3.19. The Morgan fingerprint density at radius 3 is 2.42 bits per heavy atom. The highest BCUT2D eigenvalue weighted by Gasteiger charge is 2.11. The zero-order chi connectivity index (χ0) is 17.4. The minimum Gasteiger partial charge on any atom is -0.392 e. The minimum atomic E-state index is 0. The van der Waals surface area contributed by atoms with E-state index >= 15 is 0 Å². The maximum atomic E-state index is 9.35. The first kappa shape index (κ1) is 18.5. The van der Waals surface area contributed by atoms with Gasteiger partial charge in [0.05, 0.1) is 12.3 Å². The van der Waals surface area contributed by atoms with Gasteiger partial charge in [0.15, 0.2) is 0 Å². The Balaban J connectivity index is 0.00000196. The number of benzene rings is 2. The maximum Gasteiger partial charge on any atom is 0.137 e. The van der Waals surface area contributed by atoms with Crippen LogP contribution in [0.15, 0.2) is 66.9 Å². The lowest BCUT2D eigenvalue weighted by Gasteiger charge is -2.06. The van der Waals surface area contributed by atoms with E-state index in [9.17, 15) is 5.11 Å². The molecule has 0 aliphatic carbocycles. The van der Waals surface area contributed by atoms with Crippen LogP contribution in [-0.4, -0.2) is 14.5 Å². The molecular weight excluding hydrogens is 367 g/mol. The molecule has 0 aliphatic heterocycles. The van der Waals surface area contributed by atoms with E-state index in [2.05, 4.69) is 23.6 Å². The molecule has 0 bridgehead atoms. The number of fused-ring (bicyclic) bond motifs is 1. The molecule has 0 spiro atoms. The van der Waals surface area contributed by atoms with Crippen LogP contribution >= 0.6 is 24.0 Å². The summed E-state index contributed by atoms with van der Waals surface area (Å²) in [4.78, 5) is 4.76. The average molecular weight is 385 g/mol. The molecule has 2 aromatic carbocycles. The van der Waals surface area contributed by atoms with Crippen LogP contribution in [0.25, 0.3) is 28.0 Å². The molecule has 2 aromatic heterocycles. The molecule has 0 aliphatic rings. The van der Waals surface area contributed by atoms with Crippen LogP contribution in [0.4, 0.5) is 0 Å². The summed E-state index contributed by atoms with van der Waals surface area (Å²) in [7, 11) is 0. The fourth-order valence-electron chi connectivity index (χ4n) is 3.06. The number of hydrogen-bond acceptors (Lipinski definition) is 2. The van der Waals surface area contributed by atoms with E-state index in [0.29, 0.717) is 0 Å². The number of aryl methyl sites for hydroxylation is 1. The van der Waals surface area contributed by atoms with Crippen LogP contribution in [-0.2, 0) is 6.61 Å². The van der Waals surface area contributed by atoms with E-state index in [1.54, 1.807) is 0 Å². The predicted molar refractivity (Wildman–Crippen MR) is 109 cm³/mol. The van der Waals surface area contributed by atoms with Gasteiger partial charge in [-0.15, -0.1) is 12.4 Å². The Bertz CT molecular complexity index is 1060. The van der Waals surface area contributed by atoms with Crippen LogP contribution in [0.2, 0.25) is 5.02 Å². The number of hydrogen-bond donors (Lipinski definition) is 1. The van der Waals surface area contributed by atoms with Gasteiger partial charge in [-0.1, -0.05) is 41.9 Å². The number of imidazole rings is 1. The van der Waals surface area contributed by atoms with Gasteiger partial charge in [-0.2, -0.15) is 0 Å². The molecule has 0 saturated carbocycles. The lowest BCUT2D eigenvalue weighted by molar-refractivity contribution is 0.282. The Labute approximate surface area is 163 Å². The van der Waals surface area contributed by atoms with Crippen molar-refractivity contribution in [3.05, 3.63) is 83.1 Å². The topological polar surface area (TPSA) is 37.5 Å². The van der Waals surface area contributed by atoms with Crippen LogP contribution in [0.5, 0.6) is 0 Å². The van der Waals surface area contributed by atoms with E-state index in [1.807, 2.05) is 54.6 Å². The summed E-state index contributed by atoms with van der Waals surface area (Å²) >= 11 is 5.99. The third-order valence-corrected chi connectivity index (χ3v) is 4.67. The highest BCUT2D eigenvalue weighted by atomic mass is 35.5. The first-order valence-electron chi connectivity index (χ1n) is 8.10. The third kappa shape index (κ3) is 3.34. The SMILES string of the molecule is Cc1c(-c2ccc(Cl)cc2)nc2ccc(-c3cccc(CO)c3)cn12.Cl. The van der Waals surface area contributed by atoms with E-state index < -0.39 is 0 Å². The molecule has 26 heavy (non-hydrogen) atoms. The Morgan fingerprint density at radius 2 is 1.69 bits per heavy atom. The molecule has 4 aromatic rings. The quantitative estimate of drug-likeness (QED) is 0.503. The van der Waals surface area contributed by atoms with Crippen LogP contribution in [0.1, 0.15) is 11.3 Å². The Morgan fingerprint density at radius 1 is 0.962 bits per heavy atom. The van der Waals surface area contributed by atoms with Crippen molar-refractivity contribution in [2.24, 2.45) is 0 Å². The van der Waals surface area contributed by atoms with E-state index in [0.717, 1.165) is 44.3 Å². The molecule has 132 valence electrons. The summed E-state index contributed by atoms with van der Waals surface area (Å²) in [6.07, 6.45) is 2.09. The molecule has 0 fully saturated rings. The number of halogens is 2. The largest absolute Gasteiger partial charge is 0.392 e. The molecular formula is C21H18Cl2N2O. The lowest BCUT2D eigenvalue weighted by atomic mass is 10.1. The number of nitrogens with zero attached hydrogens (tertiary/aromatic N) is 2. The van der Waals surface area contributed by atoms with E-state index in [4.69, 9.17) is 16.6 Å².